The summed E-state index contributed by atoms with van der Waals surface area (Å²) in [4.78, 5) is 0. The lowest BCUT2D eigenvalue weighted by molar-refractivity contribution is 0.303. The second-order valence-corrected chi connectivity index (χ2v) is 12.5. The maximum atomic E-state index is 6.12. The van der Waals surface area contributed by atoms with Crippen molar-refractivity contribution in [3.8, 4) is 36.2 Å². The molecule has 0 N–H and O–H groups in total. The highest BCUT2D eigenvalue weighted by molar-refractivity contribution is 5.47. The Labute approximate surface area is 272 Å². The van der Waals surface area contributed by atoms with E-state index in [9.17, 15) is 0 Å². The maximum Gasteiger partial charge on any atom is 0.119 e. The lowest BCUT2D eigenvalue weighted by Crippen LogP contribution is -2.02. The smallest absolute Gasteiger partial charge is 0.119 e. The van der Waals surface area contributed by atoms with Crippen LogP contribution in [-0.2, 0) is 12.8 Å². The van der Waals surface area contributed by atoms with Crippen LogP contribution in [0.5, 0.6) is 11.5 Å². The van der Waals surface area contributed by atoms with Crippen LogP contribution in [-0.4, -0.2) is 13.2 Å². The van der Waals surface area contributed by atoms with E-state index < -0.39 is 0 Å². The molecule has 0 aliphatic heterocycles. The van der Waals surface area contributed by atoms with Crippen molar-refractivity contribution in [1.29, 1.82) is 0 Å². The number of hydrogen-bond donors (Lipinski definition) is 0. The van der Waals surface area contributed by atoms with Gasteiger partial charge in [0.15, 0.2) is 0 Å². The highest BCUT2D eigenvalue weighted by Crippen LogP contribution is 2.24. The van der Waals surface area contributed by atoms with Gasteiger partial charge in [-0.05, 0) is 73.2 Å². The minimum atomic E-state index is 0.755. The van der Waals surface area contributed by atoms with Crippen LogP contribution in [0.25, 0.3) is 0 Å². The summed E-state index contributed by atoms with van der Waals surface area (Å²) in [5.41, 5.74) is 4.11. The molecule has 0 amide bonds. The van der Waals surface area contributed by atoms with Crippen LogP contribution >= 0.6 is 0 Å². The summed E-state index contributed by atoms with van der Waals surface area (Å²) in [6.45, 7) is 6.06. The van der Waals surface area contributed by atoms with Crippen molar-refractivity contribution in [2.45, 2.75) is 155 Å². The van der Waals surface area contributed by atoms with E-state index in [4.69, 9.17) is 22.3 Å². The molecule has 44 heavy (non-hydrogen) atoms. The third-order valence-corrected chi connectivity index (χ3v) is 8.66. The summed E-state index contributed by atoms with van der Waals surface area (Å²) in [5.74, 6) is 7.51. The molecular weight excluding hydrogens is 536 g/mol. The Kier molecular flexibility index (Phi) is 21.6. The van der Waals surface area contributed by atoms with Gasteiger partial charge >= 0.3 is 0 Å². The molecule has 0 aliphatic carbocycles. The van der Waals surface area contributed by atoms with Gasteiger partial charge in [-0.15, -0.1) is 12.8 Å². The van der Waals surface area contributed by atoms with E-state index in [0.717, 1.165) is 72.6 Å². The average Bonchev–Trinajstić information content (AvgIpc) is 3.05. The summed E-state index contributed by atoms with van der Waals surface area (Å²) < 4.78 is 12.2. The first-order valence-corrected chi connectivity index (χ1v) is 18.2. The third kappa shape index (κ3) is 16.9. The van der Waals surface area contributed by atoms with Gasteiger partial charge in [0.25, 0.3) is 0 Å². The summed E-state index contributed by atoms with van der Waals surface area (Å²) in [5, 5.41) is 0. The van der Waals surface area contributed by atoms with Crippen LogP contribution in [0, 0.1) is 24.7 Å². The molecule has 0 saturated carbocycles. The van der Waals surface area contributed by atoms with Crippen LogP contribution in [0.15, 0.2) is 36.4 Å². The maximum absolute atomic E-state index is 6.12. The standard InChI is InChI=1S/C42H62O2/c1-5-9-11-13-15-17-19-21-23-25-33-43-41-31-29-37(7-3)39(35-41)27-28-40-36-42(32-30-38(40)8-4)44-34-26-24-22-20-18-16-14-12-10-6-2/h3-4,29-32,35-36H,5-6,9-28,33-34H2,1-2H3. The predicted molar refractivity (Wildman–Crippen MR) is 191 cm³/mol. The molecule has 0 spiro atoms. The van der Waals surface area contributed by atoms with E-state index in [1.165, 1.54) is 116 Å². The van der Waals surface area contributed by atoms with E-state index in [0.29, 0.717) is 0 Å². The Hall–Kier alpha value is -2.84. The zero-order valence-corrected chi connectivity index (χ0v) is 28.4. The van der Waals surface area contributed by atoms with Gasteiger partial charge in [-0.2, -0.15) is 0 Å². The highest BCUT2D eigenvalue weighted by Gasteiger charge is 2.08. The number of rotatable bonds is 27. The quantitative estimate of drug-likeness (QED) is 0.0752. The summed E-state index contributed by atoms with van der Waals surface area (Å²) >= 11 is 0. The van der Waals surface area contributed by atoms with Gasteiger partial charge < -0.3 is 9.47 Å². The Morgan fingerprint density at radius 3 is 1.09 bits per heavy atom. The minimum absolute atomic E-state index is 0.755. The molecule has 2 rings (SSSR count). The first-order chi connectivity index (χ1) is 21.7. The van der Waals surface area contributed by atoms with E-state index in [1.807, 2.05) is 24.3 Å². The number of hydrogen-bond acceptors (Lipinski definition) is 2. The van der Waals surface area contributed by atoms with Crippen molar-refractivity contribution in [3.05, 3.63) is 58.7 Å². The zero-order valence-electron chi connectivity index (χ0n) is 28.4. The molecule has 0 aromatic heterocycles. The van der Waals surface area contributed by atoms with Crippen molar-refractivity contribution in [2.24, 2.45) is 0 Å². The number of benzene rings is 2. The van der Waals surface area contributed by atoms with Gasteiger partial charge in [0.05, 0.1) is 13.2 Å². The molecule has 0 fully saturated rings. The monoisotopic (exact) mass is 598 g/mol. The van der Waals surface area contributed by atoms with Crippen molar-refractivity contribution in [3.63, 3.8) is 0 Å². The number of ether oxygens (including phenoxy) is 2. The summed E-state index contributed by atoms with van der Waals surface area (Å²) in [6.07, 6.45) is 39.8. The Bertz CT molecular complexity index is 998. The predicted octanol–water partition coefficient (Wildman–Crippen LogP) is 12.0. The number of terminal acetylenes is 2. The molecular formula is C42H62O2. The molecule has 0 bridgehead atoms. The fourth-order valence-corrected chi connectivity index (χ4v) is 5.84. The zero-order chi connectivity index (χ0) is 31.5. The van der Waals surface area contributed by atoms with Crippen LogP contribution in [0.1, 0.15) is 165 Å². The van der Waals surface area contributed by atoms with Gasteiger partial charge in [-0.25, -0.2) is 0 Å². The van der Waals surface area contributed by atoms with Crippen molar-refractivity contribution in [1.82, 2.24) is 0 Å². The van der Waals surface area contributed by atoms with Crippen LogP contribution in [0.2, 0.25) is 0 Å². The summed E-state index contributed by atoms with van der Waals surface area (Å²) in [6, 6.07) is 12.3. The van der Waals surface area contributed by atoms with Crippen molar-refractivity contribution >= 4 is 0 Å². The fraction of sp³-hybridized carbons (Fsp3) is 0.619. The van der Waals surface area contributed by atoms with E-state index in [1.54, 1.807) is 0 Å². The van der Waals surface area contributed by atoms with Crippen LogP contribution < -0.4 is 9.47 Å². The Morgan fingerprint density at radius 1 is 0.455 bits per heavy atom. The topological polar surface area (TPSA) is 18.5 Å². The van der Waals surface area contributed by atoms with Crippen LogP contribution in [0.3, 0.4) is 0 Å². The van der Waals surface area contributed by atoms with Crippen molar-refractivity contribution < 1.29 is 9.47 Å². The van der Waals surface area contributed by atoms with Gasteiger partial charge in [-0.1, -0.05) is 141 Å². The lowest BCUT2D eigenvalue weighted by Gasteiger charge is -2.13. The second kappa shape index (κ2) is 25.5. The lowest BCUT2D eigenvalue weighted by atomic mass is 9.97. The molecule has 0 atom stereocenters. The minimum Gasteiger partial charge on any atom is -0.494 e. The van der Waals surface area contributed by atoms with E-state index >= 15 is 0 Å². The van der Waals surface area contributed by atoms with Crippen LogP contribution in [0.4, 0.5) is 0 Å². The van der Waals surface area contributed by atoms with Gasteiger partial charge in [0.1, 0.15) is 11.5 Å². The molecule has 242 valence electrons. The van der Waals surface area contributed by atoms with E-state index in [-0.39, 0.29) is 0 Å². The Balaban J connectivity index is 1.73. The average molecular weight is 599 g/mol. The number of unbranched alkanes of at least 4 members (excludes halogenated alkanes) is 18. The molecule has 2 aromatic rings. The van der Waals surface area contributed by atoms with E-state index in [2.05, 4.69) is 37.8 Å². The highest BCUT2D eigenvalue weighted by atomic mass is 16.5. The fourth-order valence-electron chi connectivity index (χ4n) is 5.84. The summed E-state index contributed by atoms with van der Waals surface area (Å²) in [7, 11) is 0. The first kappa shape index (κ1) is 37.3. The molecule has 0 aliphatic rings. The largest absolute Gasteiger partial charge is 0.494 e. The molecule has 0 unspecified atom stereocenters. The molecule has 0 saturated heterocycles. The number of aryl methyl sites for hydroxylation is 2. The first-order valence-electron chi connectivity index (χ1n) is 18.2. The Morgan fingerprint density at radius 2 is 0.773 bits per heavy atom. The third-order valence-electron chi connectivity index (χ3n) is 8.66. The SMILES string of the molecule is C#Cc1ccc(OCCCCCCCCCCCC)cc1CCc1cc(OCCCCCCCCCCCC)ccc1C#C. The molecule has 2 aromatic carbocycles. The van der Waals surface area contributed by atoms with Gasteiger partial charge in [0, 0.05) is 11.1 Å². The second-order valence-electron chi connectivity index (χ2n) is 12.5. The molecule has 0 heterocycles. The van der Waals surface area contributed by atoms with Gasteiger partial charge in [-0.3, -0.25) is 0 Å². The molecule has 2 nitrogen and oxygen atoms in total. The molecule has 0 radical (unpaired) electrons. The van der Waals surface area contributed by atoms with Gasteiger partial charge in [0.2, 0.25) is 0 Å². The molecule has 2 heteroatoms. The normalized spacial score (nSPS) is 10.8. The van der Waals surface area contributed by atoms with Crippen molar-refractivity contribution in [2.75, 3.05) is 13.2 Å².